The lowest BCUT2D eigenvalue weighted by molar-refractivity contribution is -0.384. The third-order valence-electron chi connectivity index (χ3n) is 5.47. The van der Waals surface area contributed by atoms with E-state index in [1.807, 2.05) is 0 Å². The third kappa shape index (κ3) is 4.42. The maximum Gasteiger partial charge on any atom is 0.344 e. The van der Waals surface area contributed by atoms with E-state index < -0.39 is 40.9 Å². The average molecular weight is 434 g/mol. The minimum Gasteiger partial charge on any atom is -0.496 e. The number of nitrogens with zero attached hydrogens (tertiary/aromatic N) is 2. The van der Waals surface area contributed by atoms with E-state index in [4.69, 9.17) is 9.47 Å². The highest BCUT2D eigenvalue weighted by molar-refractivity contribution is 6.08. The third-order valence-corrected chi connectivity index (χ3v) is 5.47. The van der Waals surface area contributed by atoms with Gasteiger partial charge in [-0.1, -0.05) is 6.92 Å². The van der Waals surface area contributed by atoms with Gasteiger partial charge in [0, 0.05) is 12.1 Å². The Hall–Kier alpha value is -3.70. The number of esters is 1. The summed E-state index contributed by atoms with van der Waals surface area (Å²) in [6, 6.07) is 2.60. The number of nitro groups is 1. The number of urea groups is 1. The normalized spacial score (nSPS) is 22.8. The van der Waals surface area contributed by atoms with Crippen LogP contribution in [0.15, 0.2) is 18.2 Å². The maximum absolute atomic E-state index is 12.7. The van der Waals surface area contributed by atoms with Crippen molar-refractivity contribution in [3.63, 3.8) is 0 Å². The Kier molecular flexibility index (Phi) is 6.09. The molecule has 1 spiro atoms. The summed E-state index contributed by atoms with van der Waals surface area (Å²) in [6.45, 7) is 1.25. The van der Waals surface area contributed by atoms with Crippen LogP contribution in [0.3, 0.4) is 0 Å². The standard InChI is InChI=1S/C19H22N4O8/c1-11-5-7-19(8-6-11)17(26)22(18(27)20-19)21-15(24)10-31-16(25)13-9-12(23(28)29)3-4-14(13)30-2/h3-4,9,11H,5-8,10H2,1-2H3,(H,20,27)(H,21,24). The zero-order chi connectivity index (χ0) is 22.8. The van der Waals surface area contributed by atoms with Gasteiger partial charge in [-0.15, -0.1) is 0 Å². The van der Waals surface area contributed by atoms with Gasteiger partial charge in [0.25, 0.3) is 17.5 Å². The number of nitro benzene ring substituents is 1. The fraction of sp³-hybridized carbons (Fsp3) is 0.474. The molecule has 12 nitrogen and oxygen atoms in total. The van der Waals surface area contributed by atoms with Crippen LogP contribution < -0.4 is 15.5 Å². The van der Waals surface area contributed by atoms with Crippen molar-refractivity contribution in [2.24, 2.45) is 5.92 Å². The van der Waals surface area contributed by atoms with E-state index in [-0.39, 0.29) is 17.0 Å². The zero-order valence-electron chi connectivity index (χ0n) is 17.0. The number of non-ortho nitro benzene ring substituents is 1. The summed E-state index contributed by atoms with van der Waals surface area (Å²) >= 11 is 0. The van der Waals surface area contributed by atoms with Crippen molar-refractivity contribution in [2.75, 3.05) is 13.7 Å². The van der Waals surface area contributed by atoms with Crippen molar-refractivity contribution in [1.29, 1.82) is 0 Å². The highest BCUT2D eigenvalue weighted by Crippen LogP contribution is 2.35. The van der Waals surface area contributed by atoms with Gasteiger partial charge in [0.15, 0.2) is 6.61 Å². The van der Waals surface area contributed by atoms with E-state index in [2.05, 4.69) is 17.7 Å². The number of hydrogen-bond acceptors (Lipinski definition) is 8. The summed E-state index contributed by atoms with van der Waals surface area (Å²) in [4.78, 5) is 59.6. The van der Waals surface area contributed by atoms with Crippen LogP contribution in [0.1, 0.15) is 43.0 Å². The Morgan fingerprint density at radius 2 is 2.00 bits per heavy atom. The van der Waals surface area contributed by atoms with Crippen molar-refractivity contribution in [3.05, 3.63) is 33.9 Å². The summed E-state index contributed by atoms with van der Waals surface area (Å²) in [5, 5.41) is 14.2. The van der Waals surface area contributed by atoms with Crippen LogP contribution in [0, 0.1) is 16.0 Å². The Balaban J connectivity index is 1.61. The van der Waals surface area contributed by atoms with Gasteiger partial charge in [-0.2, -0.15) is 5.01 Å². The number of benzene rings is 1. The predicted octanol–water partition coefficient (Wildman–Crippen LogP) is 1.29. The van der Waals surface area contributed by atoms with E-state index in [0.29, 0.717) is 23.8 Å². The molecule has 2 fully saturated rings. The van der Waals surface area contributed by atoms with E-state index in [1.165, 1.54) is 13.2 Å². The molecule has 1 aliphatic carbocycles. The van der Waals surface area contributed by atoms with E-state index in [0.717, 1.165) is 25.0 Å². The van der Waals surface area contributed by atoms with Crippen molar-refractivity contribution in [2.45, 2.75) is 38.1 Å². The van der Waals surface area contributed by atoms with Gasteiger partial charge in [-0.3, -0.25) is 25.1 Å². The van der Waals surface area contributed by atoms with Gasteiger partial charge < -0.3 is 14.8 Å². The van der Waals surface area contributed by atoms with Gasteiger partial charge in [0.2, 0.25) is 0 Å². The molecule has 1 saturated heterocycles. The lowest BCUT2D eigenvalue weighted by Crippen LogP contribution is -2.52. The van der Waals surface area contributed by atoms with E-state index >= 15 is 0 Å². The molecule has 1 aromatic rings. The van der Waals surface area contributed by atoms with Crippen LogP contribution in [-0.2, 0) is 14.3 Å². The Labute approximate surface area is 177 Å². The first-order valence-corrected chi connectivity index (χ1v) is 9.62. The zero-order valence-corrected chi connectivity index (χ0v) is 17.0. The van der Waals surface area contributed by atoms with Crippen molar-refractivity contribution in [3.8, 4) is 5.75 Å². The first-order valence-electron chi connectivity index (χ1n) is 9.62. The number of nitrogens with one attached hydrogen (secondary N) is 2. The van der Waals surface area contributed by atoms with Crippen LogP contribution >= 0.6 is 0 Å². The minimum absolute atomic E-state index is 0.0265. The molecule has 31 heavy (non-hydrogen) atoms. The van der Waals surface area contributed by atoms with Gasteiger partial charge >= 0.3 is 12.0 Å². The highest BCUT2D eigenvalue weighted by atomic mass is 16.6. The summed E-state index contributed by atoms with van der Waals surface area (Å²) in [5.41, 5.74) is 0.520. The summed E-state index contributed by atoms with van der Waals surface area (Å²) in [5.74, 6) is -2.03. The molecule has 166 valence electrons. The Morgan fingerprint density at radius 3 is 2.61 bits per heavy atom. The molecule has 4 amide bonds. The molecule has 1 aliphatic heterocycles. The van der Waals surface area contributed by atoms with E-state index in [9.17, 15) is 29.3 Å². The van der Waals surface area contributed by atoms with Crippen LogP contribution in [0.25, 0.3) is 0 Å². The molecule has 0 atom stereocenters. The number of methoxy groups -OCH3 is 1. The molecule has 1 aromatic carbocycles. The number of amides is 4. The fourth-order valence-corrected chi connectivity index (χ4v) is 3.65. The Bertz CT molecular complexity index is 939. The lowest BCUT2D eigenvalue weighted by Gasteiger charge is -2.33. The smallest absolute Gasteiger partial charge is 0.344 e. The SMILES string of the molecule is COc1ccc([N+](=O)[O-])cc1C(=O)OCC(=O)NN1C(=O)NC2(CCC(C)CC2)C1=O. The number of imide groups is 1. The van der Waals surface area contributed by atoms with Gasteiger partial charge in [-0.05, 0) is 37.7 Å². The predicted molar refractivity (Wildman–Crippen MR) is 104 cm³/mol. The van der Waals surface area contributed by atoms with Gasteiger partial charge in [0.1, 0.15) is 16.9 Å². The molecule has 0 unspecified atom stereocenters. The van der Waals surface area contributed by atoms with Gasteiger partial charge in [-0.25, -0.2) is 9.59 Å². The molecule has 0 bridgehead atoms. The molecule has 12 heteroatoms. The molecule has 2 N–H and O–H groups in total. The molecule has 0 radical (unpaired) electrons. The van der Waals surface area contributed by atoms with Crippen molar-refractivity contribution < 1.29 is 33.6 Å². The van der Waals surface area contributed by atoms with Crippen LogP contribution in [0.4, 0.5) is 10.5 Å². The topological polar surface area (TPSA) is 157 Å². The number of hydrogen-bond donors (Lipinski definition) is 2. The highest BCUT2D eigenvalue weighted by Gasteiger charge is 2.52. The van der Waals surface area contributed by atoms with E-state index in [1.54, 1.807) is 0 Å². The number of carbonyl (C=O) groups excluding carboxylic acids is 4. The van der Waals surface area contributed by atoms with Crippen LogP contribution in [0.2, 0.25) is 0 Å². The number of ether oxygens (including phenoxy) is 2. The summed E-state index contributed by atoms with van der Waals surface area (Å²) in [6.07, 6.45) is 2.51. The monoisotopic (exact) mass is 434 g/mol. The second-order valence-corrected chi connectivity index (χ2v) is 7.59. The Morgan fingerprint density at radius 1 is 1.32 bits per heavy atom. The second-order valence-electron chi connectivity index (χ2n) is 7.59. The number of rotatable bonds is 6. The van der Waals surface area contributed by atoms with Crippen LogP contribution in [-0.4, -0.2) is 53.0 Å². The first kappa shape index (κ1) is 22.0. The molecular formula is C19H22N4O8. The number of hydrazine groups is 1. The second kappa shape index (κ2) is 8.58. The molecule has 0 aromatic heterocycles. The lowest BCUT2D eigenvalue weighted by atomic mass is 9.77. The maximum atomic E-state index is 12.7. The first-order chi connectivity index (χ1) is 14.7. The number of carbonyl (C=O) groups is 4. The summed E-state index contributed by atoms with van der Waals surface area (Å²) < 4.78 is 9.86. The van der Waals surface area contributed by atoms with Gasteiger partial charge in [0.05, 0.1) is 12.0 Å². The quantitative estimate of drug-likeness (QED) is 0.293. The summed E-state index contributed by atoms with van der Waals surface area (Å²) in [7, 11) is 1.27. The molecule has 3 rings (SSSR count). The van der Waals surface area contributed by atoms with Crippen molar-refractivity contribution >= 4 is 29.5 Å². The molecule has 2 aliphatic rings. The molecule has 1 heterocycles. The average Bonchev–Trinajstić information content (AvgIpc) is 2.97. The minimum atomic E-state index is -1.04. The molecular weight excluding hydrogens is 412 g/mol. The van der Waals surface area contributed by atoms with Crippen LogP contribution in [0.5, 0.6) is 5.75 Å². The van der Waals surface area contributed by atoms with Crippen molar-refractivity contribution in [1.82, 2.24) is 15.8 Å². The fourth-order valence-electron chi connectivity index (χ4n) is 3.65. The largest absolute Gasteiger partial charge is 0.496 e. The molecule has 1 saturated carbocycles.